The minimum absolute atomic E-state index is 0.0452. The number of hydrogen-bond donors (Lipinski definition) is 0. The molecule has 158 valence electrons. The second-order valence-electron chi connectivity index (χ2n) is 7.97. The van der Waals surface area contributed by atoms with Gasteiger partial charge in [-0.3, -0.25) is 14.6 Å². The Kier molecular flexibility index (Phi) is 6.47. The number of anilines is 1. The zero-order valence-electron chi connectivity index (χ0n) is 17.6. The Morgan fingerprint density at radius 3 is 2.81 bits per heavy atom. The average Bonchev–Trinajstić information content (AvgIpc) is 3.28. The van der Waals surface area contributed by atoms with Gasteiger partial charge < -0.3 is 4.90 Å². The molecule has 31 heavy (non-hydrogen) atoms. The molecular weight excluding hydrogens is 408 g/mol. The first-order chi connectivity index (χ1) is 15.1. The fourth-order valence-corrected chi connectivity index (χ4v) is 4.54. The summed E-state index contributed by atoms with van der Waals surface area (Å²) < 4.78 is 0. The number of pyridine rings is 1. The van der Waals surface area contributed by atoms with Gasteiger partial charge in [0.15, 0.2) is 12.1 Å². The quantitative estimate of drug-likeness (QED) is 0.370. The summed E-state index contributed by atoms with van der Waals surface area (Å²) in [4.78, 5) is 31.6. The van der Waals surface area contributed by atoms with Gasteiger partial charge in [0, 0.05) is 41.7 Å². The molecule has 1 fully saturated rings. The van der Waals surface area contributed by atoms with Crippen molar-refractivity contribution in [3.8, 4) is 0 Å². The summed E-state index contributed by atoms with van der Waals surface area (Å²) in [6.45, 7) is 3.73. The molecule has 1 atom stereocenters. The molecule has 1 aliphatic heterocycles. The number of halogens is 1. The van der Waals surface area contributed by atoms with Crippen molar-refractivity contribution < 1.29 is 9.59 Å². The van der Waals surface area contributed by atoms with Gasteiger partial charge >= 0.3 is 0 Å². The van der Waals surface area contributed by atoms with Crippen molar-refractivity contribution in [2.75, 3.05) is 18.0 Å². The van der Waals surface area contributed by atoms with Crippen molar-refractivity contribution in [2.45, 2.75) is 26.2 Å². The number of rotatable bonds is 7. The molecule has 0 spiro atoms. The first-order valence-corrected chi connectivity index (χ1v) is 11.0. The summed E-state index contributed by atoms with van der Waals surface area (Å²) in [6, 6.07) is 16.8. The maximum Gasteiger partial charge on any atom is 0.193 e. The third kappa shape index (κ3) is 4.54. The van der Waals surface area contributed by atoms with Crippen molar-refractivity contribution >= 4 is 29.4 Å². The van der Waals surface area contributed by atoms with E-state index in [1.54, 1.807) is 12.3 Å². The Morgan fingerprint density at radius 2 is 2.03 bits per heavy atom. The van der Waals surface area contributed by atoms with Crippen LogP contribution in [-0.2, 0) is 12.8 Å². The Balaban J connectivity index is 1.53. The Hall–Kier alpha value is -2.98. The minimum Gasteiger partial charge on any atom is -0.371 e. The number of aryl methyl sites for hydroxylation is 1. The van der Waals surface area contributed by atoms with Crippen LogP contribution in [0.1, 0.15) is 50.9 Å². The molecule has 0 radical (unpaired) electrons. The van der Waals surface area contributed by atoms with Gasteiger partial charge in [0.1, 0.15) is 0 Å². The van der Waals surface area contributed by atoms with Crippen LogP contribution in [0.5, 0.6) is 0 Å². The molecule has 0 N–H and O–H groups in total. The standard InChI is InChI=1S/C26H25ClN2O2/c1-2-19-6-3-4-7-22(19)26(31)20-9-10-25(21(15-20)17-30)29-13-11-18(16-29)14-24-23(27)8-5-12-28-24/h3-10,12,15,17-18H,2,11,13-14,16H2,1H3. The number of ketones is 1. The van der Waals surface area contributed by atoms with Crippen molar-refractivity contribution in [1.29, 1.82) is 0 Å². The Bertz CT molecular complexity index is 1110. The van der Waals surface area contributed by atoms with E-state index in [4.69, 9.17) is 11.6 Å². The lowest BCUT2D eigenvalue weighted by Crippen LogP contribution is -2.22. The summed E-state index contributed by atoms with van der Waals surface area (Å²) in [6.07, 6.45) is 5.23. The summed E-state index contributed by atoms with van der Waals surface area (Å²) in [7, 11) is 0. The molecule has 0 bridgehead atoms. The number of nitrogens with zero attached hydrogens (tertiary/aromatic N) is 2. The van der Waals surface area contributed by atoms with E-state index in [0.29, 0.717) is 27.6 Å². The highest BCUT2D eigenvalue weighted by Gasteiger charge is 2.26. The lowest BCUT2D eigenvalue weighted by atomic mass is 9.95. The van der Waals surface area contributed by atoms with E-state index in [1.165, 1.54) is 0 Å². The smallest absolute Gasteiger partial charge is 0.193 e. The van der Waals surface area contributed by atoms with Crippen LogP contribution in [0.15, 0.2) is 60.8 Å². The fourth-order valence-electron chi connectivity index (χ4n) is 4.34. The van der Waals surface area contributed by atoms with Gasteiger partial charge in [-0.1, -0.05) is 42.8 Å². The van der Waals surface area contributed by atoms with Crippen LogP contribution >= 0.6 is 11.6 Å². The monoisotopic (exact) mass is 432 g/mol. The molecule has 0 aliphatic carbocycles. The van der Waals surface area contributed by atoms with Crippen LogP contribution in [0, 0.1) is 5.92 Å². The number of aldehydes is 1. The van der Waals surface area contributed by atoms with E-state index < -0.39 is 0 Å². The number of aromatic nitrogens is 1. The van der Waals surface area contributed by atoms with E-state index in [1.807, 2.05) is 55.5 Å². The number of carbonyl (C=O) groups excluding carboxylic acids is 2. The predicted octanol–water partition coefficient (Wildman–Crippen LogP) is 5.41. The van der Waals surface area contributed by atoms with Gasteiger partial charge in [-0.25, -0.2) is 0 Å². The highest BCUT2D eigenvalue weighted by Crippen LogP contribution is 2.30. The molecule has 1 aromatic heterocycles. The highest BCUT2D eigenvalue weighted by molar-refractivity contribution is 6.31. The number of hydrogen-bond acceptors (Lipinski definition) is 4. The van der Waals surface area contributed by atoms with Crippen LogP contribution in [0.4, 0.5) is 5.69 Å². The summed E-state index contributed by atoms with van der Waals surface area (Å²) >= 11 is 6.27. The summed E-state index contributed by atoms with van der Waals surface area (Å²) in [5.41, 5.74) is 4.61. The van der Waals surface area contributed by atoms with Gasteiger partial charge in [-0.2, -0.15) is 0 Å². The summed E-state index contributed by atoms with van der Waals surface area (Å²) in [5, 5.41) is 0.699. The minimum atomic E-state index is -0.0452. The number of carbonyl (C=O) groups is 2. The number of benzene rings is 2. The van der Waals surface area contributed by atoms with Gasteiger partial charge in [-0.15, -0.1) is 0 Å². The van der Waals surface area contributed by atoms with Gasteiger partial charge in [0.05, 0.1) is 10.7 Å². The normalized spacial score (nSPS) is 15.8. The first-order valence-electron chi connectivity index (χ1n) is 10.7. The first kappa shape index (κ1) is 21.3. The Labute approximate surface area is 187 Å². The van der Waals surface area contributed by atoms with E-state index in [9.17, 15) is 9.59 Å². The molecule has 0 saturated carbocycles. The van der Waals surface area contributed by atoms with Gasteiger partial charge in [0.25, 0.3) is 0 Å². The maximum absolute atomic E-state index is 13.1. The zero-order valence-corrected chi connectivity index (χ0v) is 18.3. The van der Waals surface area contributed by atoms with Crippen molar-refractivity contribution in [3.05, 3.63) is 93.8 Å². The van der Waals surface area contributed by atoms with Crippen LogP contribution in [0.25, 0.3) is 0 Å². The maximum atomic E-state index is 13.1. The summed E-state index contributed by atoms with van der Waals surface area (Å²) in [5.74, 6) is 0.376. The molecule has 5 heteroatoms. The fraction of sp³-hybridized carbons (Fsp3) is 0.269. The van der Waals surface area contributed by atoms with Crippen molar-refractivity contribution in [2.24, 2.45) is 5.92 Å². The lowest BCUT2D eigenvalue weighted by molar-refractivity contribution is 0.103. The SMILES string of the molecule is CCc1ccccc1C(=O)c1ccc(N2CCC(Cc3ncccc3Cl)C2)c(C=O)c1. The van der Waals surface area contributed by atoms with E-state index >= 15 is 0 Å². The molecule has 2 heterocycles. The third-order valence-corrected chi connectivity index (χ3v) is 6.35. The molecule has 4 rings (SSSR count). The second kappa shape index (κ2) is 9.44. The van der Waals surface area contributed by atoms with Crippen molar-refractivity contribution in [1.82, 2.24) is 4.98 Å². The zero-order chi connectivity index (χ0) is 21.8. The van der Waals surface area contributed by atoms with Crippen molar-refractivity contribution in [3.63, 3.8) is 0 Å². The molecule has 1 aliphatic rings. The Morgan fingerprint density at radius 1 is 1.19 bits per heavy atom. The van der Waals surface area contributed by atoms with Gasteiger partial charge in [0.2, 0.25) is 0 Å². The van der Waals surface area contributed by atoms with Crippen LogP contribution in [-0.4, -0.2) is 30.1 Å². The lowest BCUT2D eigenvalue weighted by Gasteiger charge is -2.21. The largest absolute Gasteiger partial charge is 0.371 e. The van der Waals surface area contributed by atoms with Crippen LogP contribution in [0.3, 0.4) is 0 Å². The van der Waals surface area contributed by atoms with Crippen LogP contribution in [0.2, 0.25) is 5.02 Å². The molecular formula is C26H25ClN2O2. The topological polar surface area (TPSA) is 50.3 Å². The van der Waals surface area contributed by atoms with E-state index in [-0.39, 0.29) is 5.78 Å². The molecule has 1 unspecified atom stereocenters. The predicted molar refractivity (Wildman–Crippen MR) is 124 cm³/mol. The second-order valence-corrected chi connectivity index (χ2v) is 8.38. The molecule has 0 amide bonds. The molecule has 3 aromatic rings. The van der Waals surface area contributed by atoms with Crippen LogP contribution < -0.4 is 4.90 Å². The van der Waals surface area contributed by atoms with E-state index in [0.717, 1.165) is 55.6 Å². The average molecular weight is 433 g/mol. The molecule has 4 nitrogen and oxygen atoms in total. The van der Waals surface area contributed by atoms with Gasteiger partial charge in [-0.05, 0) is 61.1 Å². The third-order valence-electron chi connectivity index (χ3n) is 6.00. The molecule has 1 saturated heterocycles. The molecule has 2 aromatic carbocycles. The highest BCUT2D eigenvalue weighted by atomic mass is 35.5. The van der Waals surface area contributed by atoms with E-state index in [2.05, 4.69) is 9.88 Å².